The highest BCUT2D eigenvalue weighted by molar-refractivity contribution is 7.26. The van der Waals surface area contributed by atoms with E-state index >= 15 is 0 Å². The molecular formula is C50H30N2S. The number of rotatable bonds is 3. The zero-order valence-electron chi connectivity index (χ0n) is 28.6. The summed E-state index contributed by atoms with van der Waals surface area (Å²) in [5, 5.41) is 12.8. The van der Waals surface area contributed by atoms with Crippen LogP contribution in [0.3, 0.4) is 0 Å². The summed E-state index contributed by atoms with van der Waals surface area (Å²) in [6.45, 7) is 0. The summed E-state index contributed by atoms with van der Waals surface area (Å²) in [6, 6.07) is 67.2. The van der Waals surface area contributed by atoms with Crippen LogP contribution in [0.15, 0.2) is 182 Å². The van der Waals surface area contributed by atoms with Crippen molar-refractivity contribution >= 4 is 96.7 Å². The third-order valence-electron chi connectivity index (χ3n) is 11.3. The van der Waals surface area contributed by atoms with E-state index in [1.54, 1.807) is 0 Å². The molecule has 2 nitrogen and oxygen atoms in total. The molecule has 12 rings (SSSR count). The van der Waals surface area contributed by atoms with Crippen molar-refractivity contribution in [2.24, 2.45) is 0 Å². The van der Waals surface area contributed by atoms with Gasteiger partial charge in [0.25, 0.3) is 0 Å². The van der Waals surface area contributed by atoms with Gasteiger partial charge in [-0.2, -0.15) is 0 Å². The summed E-state index contributed by atoms with van der Waals surface area (Å²) in [5.41, 5.74) is 9.69. The Hall–Kier alpha value is -6.68. The molecule has 3 aromatic heterocycles. The summed E-state index contributed by atoms with van der Waals surface area (Å²) >= 11 is 1.91. The van der Waals surface area contributed by atoms with E-state index in [9.17, 15) is 0 Å². The van der Waals surface area contributed by atoms with Crippen LogP contribution < -0.4 is 0 Å². The number of aromatic nitrogens is 2. The van der Waals surface area contributed by atoms with Crippen molar-refractivity contribution in [1.82, 2.24) is 9.13 Å². The molecule has 0 saturated carbocycles. The fourth-order valence-electron chi connectivity index (χ4n) is 8.81. The van der Waals surface area contributed by atoms with Crippen molar-refractivity contribution in [3.63, 3.8) is 0 Å². The van der Waals surface area contributed by atoms with Gasteiger partial charge >= 0.3 is 0 Å². The highest BCUT2D eigenvalue weighted by Crippen LogP contribution is 2.45. The average Bonchev–Trinajstić information content (AvgIpc) is 3.87. The maximum Gasteiger partial charge on any atom is 0.0555 e. The van der Waals surface area contributed by atoms with Gasteiger partial charge in [-0.25, -0.2) is 0 Å². The SMILES string of the molecule is c1ccc2cc(-n3c4ccccc4c4cc(-c5ccc6c(c5)c5c7sc8ccccc8c7ccc5n6-c5ccc6ccccc6c5)ccc43)ccc2c1. The smallest absolute Gasteiger partial charge is 0.0555 e. The first-order chi connectivity index (χ1) is 26.3. The van der Waals surface area contributed by atoms with Crippen LogP contribution in [0.5, 0.6) is 0 Å². The molecule has 246 valence electrons. The van der Waals surface area contributed by atoms with Crippen molar-refractivity contribution in [2.75, 3.05) is 0 Å². The third kappa shape index (κ3) is 4.20. The highest BCUT2D eigenvalue weighted by atomic mass is 32.1. The van der Waals surface area contributed by atoms with Gasteiger partial charge in [0.05, 0.1) is 22.1 Å². The molecule has 0 aliphatic rings. The van der Waals surface area contributed by atoms with Crippen LogP contribution in [0.4, 0.5) is 0 Å². The number of thiophene rings is 1. The molecule has 12 aromatic rings. The van der Waals surface area contributed by atoms with Gasteiger partial charge in [0.2, 0.25) is 0 Å². The van der Waals surface area contributed by atoms with Crippen LogP contribution in [0.25, 0.3) is 108 Å². The minimum absolute atomic E-state index is 1.18. The van der Waals surface area contributed by atoms with Gasteiger partial charge in [0.1, 0.15) is 0 Å². The van der Waals surface area contributed by atoms with Gasteiger partial charge < -0.3 is 9.13 Å². The molecule has 0 saturated heterocycles. The normalized spacial score (nSPS) is 12.2. The van der Waals surface area contributed by atoms with E-state index in [1.807, 2.05) is 11.3 Å². The molecule has 9 aromatic carbocycles. The first-order valence-electron chi connectivity index (χ1n) is 18.2. The standard InChI is InChI=1S/C50H30N2S/c1-3-11-33-27-37(21-17-31(33)9-1)51-44-15-7-5-13-39(44)42-29-35(19-24-45(42)51)36-20-25-46-43(30-36)49-47(26-23-41-40-14-6-8-16-48(40)53-50(41)49)52(46)38-22-18-32-10-2-4-12-34(32)28-38/h1-30H. The third-order valence-corrected chi connectivity index (χ3v) is 12.5. The van der Waals surface area contributed by atoms with Gasteiger partial charge in [0.15, 0.2) is 0 Å². The molecule has 3 heteroatoms. The van der Waals surface area contributed by atoms with Crippen LogP contribution in [0.1, 0.15) is 0 Å². The number of nitrogens with zero attached hydrogens (tertiary/aromatic N) is 2. The molecule has 0 amide bonds. The largest absolute Gasteiger partial charge is 0.309 e. The number of fused-ring (bicyclic) bond motifs is 12. The van der Waals surface area contributed by atoms with Gasteiger partial charge in [-0.3, -0.25) is 0 Å². The maximum atomic E-state index is 2.46. The second-order valence-corrected chi connectivity index (χ2v) is 15.2. The minimum Gasteiger partial charge on any atom is -0.309 e. The van der Waals surface area contributed by atoms with Crippen LogP contribution in [0, 0.1) is 0 Å². The Kier molecular flexibility index (Phi) is 5.96. The second-order valence-electron chi connectivity index (χ2n) is 14.1. The molecule has 0 bridgehead atoms. The topological polar surface area (TPSA) is 9.86 Å². The summed E-state index contributed by atoms with van der Waals surface area (Å²) in [5.74, 6) is 0. The summed E-state index contributed by atoms with van der Waals surface area (Å²) in [7, 11) is 0. The quantitative estimate of drug-likeness (QED) is 0.175. The number of benzene rings is 9. The monoisotopic (exact) mass is 690 g/mol. The molecule has 0 radical (unpaired) electrons. The van der Waals surface area contributed by atoms with Crippen molar-refractivity contribution in [2.45, 2.75) is 0 Å². The predicted octanol–water partition coefficient (Wildman–Crippen LogP) is 14.2. The lowest BCUT2D eigenvalue weighted by atomic mass is 10.00. The van der Waals surface area contributed by atoms with Gasteiger partial charge in [-0.05, 0) is 99.4 Å². The Labute approximate surface area is 309 Å². The van der Waals surface area contributed by atoms with Crippen LogP contribution >= 0.6 is 11.3 Å². The van der Waals surface area contributed by atoms with Gasteiger partial charge in [-0.1, -0.05) is 115 Å². The Morgan fingerprint density at radius 2 is 0.849 bits per heavy atom. The number of para-hydroxylation sites is 1. The van der Waals surface area contributed by atoms with E-state index < -0.39 is 0 Å². The second kappa shape index (κ2) is 10.9. The van der Waals surface area contributed by atoms with Crippen LogP contribution in [-0.2, 0) is 0 Å². The molecule has 3 heterocycles. The fraction of sp³-hybridized carbons (Fsp3) is 0. The van der Waals surface area contributed by atoms with E-state index in [4.69, 9.17) is 0 Å². The predicted molar refractivity (Wildman–Crippen MR) is 228 cm³/mol. The van der Waals surface area contributed by atoms with Gasteiger partial charge in [-0.15, -0.1) is 11.3 Å². The Balaban J connectivity index is 1.11. The Morgan fingerprint density at radius 1 is 0.321 bits per heavy atom. The highest BCUT2D eigenvalue weighted by Gasteiger charge is 2.19. The van der Waals surface area contributed by atoms with E-state index in [0.29, 0.717) is 0 Å². The molecule has 0 unspecified atom stereocenters. The maximum absolute atomic E-state index is 2.46. The van der Waals surface area contributed by atoms with Crippen LogP contribution in [-0.4, -0.2) is 9.13 Å². The van der Waals surface area contributed by atoms with Gasteiger partial charge in [0, 0.05) is 53.1 Å². The average molecular weight is 691 g/mol. The molecule has 0 spiro atoms. The molecule has 0 fully saturated rings. The van der Waals surface area contributed by atoms with E-state index in [2.05, 4.69) is 191 Å². The van der Waals surface area contributed by atoms with E-state index in [-0.39, 0.29) is 0 Å². The molecule has 0 atom stereocenters. The summed E-state index contributed by atoms with van der Waals surface area (Å²) < 4.78 is 7.55. The molecule has 0 N–H and O–H groups in total. The molecular weight excluding hydrogens is 661 g/mol. The lowest BCUT2D eigenvalue weighted by Crippen LogP contribution is -1.94. The Bertz CT molecular complexity index is 3470. The van der Waals surface area contributed by atoms with E-state index in [0.717, 1.165) is 0 Å². The number of hydrogen-bond donors (Lipinski definition) is 0. The van der Waals surface area contributed by atoms with Crippen molar-refractivity contribution in [3.05, 3.63) is 182 Å². The zero-order valence-corrected chi connectivity index (χ0v) is 29.4. The first-order valence-corrected chi connectivity index (χ1v) is 19.0. The number of hydrogen-bond acceptors (Lipinski definition) is 1. The molecule has 0 aliphatic carbocycles. The molecule has 0 aliphatic heterocycles. The Morgan fingerprint density at radius 3 is 1.57 bits per heavy atom. The molecule has 53 heavy (non-hydrogen) atoms. The van der Waals surface area contributed by atoms with E-state index in [1.165, 1.54) is 108 Å². The minimum atomic E-state index is 1.18. The van der Waals surface area contributed by atoms with Crippen molar-refractivity contribution in [3.8, 4) is 22.5 Å². The first kappa shape index (κ1) is 29.0. The van der Waals surface area contributed by atoms with Crippen molar-refractivity contribution in [1.29, 1.82) is 0 Å². The van der Waals surface area contributed by atoms with Crippen molar-refractivity contribution < 1.29 is 0 Å². The summed E-state index contributed by atoms with van der Waals surface area (Å²) in [4.78, 5) is 0. The fourth-order valence-corrected chi connectivity index (χ4v) is 10.1. The zero-order chi connectivity index (χ0) is 34.6. The van der Waals surface area contributed by atoms with Crippen LogP contribution in [0.2, 0.25) is 0 Å². The lowest BCUT2D eigenvalue weighted by molar-refractivity contribution is 1.19. The lowest BCUT2D eigenvalue weighted by Gasteiger charge is -2.11. The summed E-state index contributed by atoms with van der Waals surface area (Å²) in [6.07, 6.45) is 0.